The molecule has 32 heavy (non-hydrogen) atoms. The van der Waals surface area contributed by atoms with Gasteiger partial charge in [0, 0.05) is 30.6 Å². The van der Waals surface area contributed by atoms with E-state index in [4.69, 9.17) is 0 Å². The fourth-order valence-electron chi connectivity index (χ4n) is 5.02. The second-order valence-corrected chi connectivity index (χ2v) is 9.23. The van der Waals surface area contributed by atoms with Gasteiger partial charge in [0.15, 0.2) is 0 Å². The molecule has 1 aromatic carbocycles. The summed E-state index contributed by atoms with van der Waals surface area (Å²) in [6.07, 6.45) is 9.05. The average molecular weight is 436 g/mol. The molecule has 0 amide bonds. The molecule has 1 atom stereocenters. The Balaban J connectivity index is 1.59. The van der Waals surface area contributed by atoms with Crippen molar-refractivity contribution in [2.45, 2.75) is 52.0 Å². The molecule has 0 unspecified atom stereocenters. The SMILES string of the molecule is CNc1ncc(-c2cnn(C3CCN(C)CC3)c2)cc1C[C@@H](C)c1c(C)ccc(F)c1C. The number of likely N-dealkylation sites (tertiary alicyclic amines) is 1. The van der Waals surface area contributed by atoms with E-state index in [-0.39, 0.29) is 11.7 Å². The van der Waals surface area contributed by atoms with E-state index in [1.807, 2.05) is 32.4 Å². The van der Waals surface area contributed by atoms with Crippen LogP contribution < -0.4 is 5.32 Å². The largest absolute Gasteiger partial charge is 0.373 e. The van der Waals surface area contributed by atoms with E-state index in [1.54, 1.807) is 6.07 Å². The summed E-state index contributed by atoms with van der Waals surface area (Å²) in [4.78, 5) is 7.06. The smallest absolute Gasteiger partial charge is 0.128 e. The molecular weight excluding hydrogens is 401 g/mol. The molecule has 1 fully saturated rings. The highest BCUT2D eigenvalue weighted by Crippen LogP contribution is 2.32. The molecule has 170 valence electrons. The number of aromatic nitrogens is 3. The number of nitrogens with one attached hydrogen (secondary N) is 1. The fraction of sp³-hybridized carbons (Fsp3) is 0.462. The summed E-state index contributed by atoms with van der Waals surface area (Å²) in [7, 11) is 4.07. The van der Waals surface area contributed by atoms with Crippen molar-refractivity contribution in [3.63, 3.8) is 0 Å². The van der Waals surface area contributed by atoms with Crippen molar-refractivity contribution in [3.05, 3.63) is 64.9 Å². The summed E-state index contributed by atoms with van der Waals surface area (Å²) >= 11 is 0. The number of benzene rings is 1. The number of aryl methyl sites for hydroxylation is 1. The van der Waals surface area contributed by atoms with Crippen LogP contribution in [0.2, 0.25) is 0 Å². The van der Waals surface area contributed by atoms with Crippen LogP contribution in [-0.2, 0) is 6.42 Å². The Morgan fingerprint density at radius 2 is 1.91 bits per heavy atom. The molecule has 3 aromatic rings. The number of piperidine rings is 1. The molecule has 1 saturated heterocycles. The predicted molar refractivity (Wildman–Crippen MR) is 129 cm³/mol. The zero-order chi connectivity index (χ0) is 22.8. The van der Waals surface area contributed by atoms with E-state index in [0.29, 0.717) is 6.04 Å². The molecule has 6 heteroatoms. The Morgan fingerprint density at radius 3 is 2.62 bits per heavy atom. The molecule has 0 radical (unpaired) electrons. The van der Waals surface area contributed by atoms with Gasteiger partial charge in [-0.15, -0.1) is 0 Å². The molecule has 3 heterocycles. The van der Waals surface area contributed by atoms with Crippen molar-refractivity contribution in [1.29, 1.82) is 0 Å². The number of nitrogens with zero attached hydrogens (tertiary/aromatic N) is 4. The van der Waals surface area contributed by atoms with Crippen molar-refractivity contribution in [2.24, 2.45) is 0 Å². The van der Waals surface area contributed by atoms with Crippen LogP contribution in [0, 0.1) is 19.7 Å². The van der Waals surface area contributed by atoms with Crippen LogP contribution in [0.1, 0.15) is 54.0 Å². The molecule has 1 aliphatic rings. The van der Waals surface area contributed by atoms with Crippen molar-refractivity contribution >= 4 is 5.82 Å². The summed E-state index contributed by atoms with van der Waals surface area (Å²) < 4.78 is 16.4. The Kier molecular flexibility index (Phi) is 6.60. The number of rotatable bonds is 6. The molecular formula is C26H34FN5. The number of pyridine rings is 1. The van der Waals surface area contributed by atoms with Gasteiger partial charge in [0.05, 0.1) is 12.2 Å². The van der Waals surface area contributed by atoms with Gasteiger partial charge >= 0.3 is 0 Å². The summed E-state index contributed by atoms with van der Waals surface area (Å²) in [6, 6.07) is 6.10. The van der Waals surface area contributed by atoms with Gasteiger partial charge in [-0.25, -0.2) is 9.37 Å². The highest BCUT2D eigenvalue weighted by atomic mass is 19.1. The van der Waals surface area contributed by atoms with Gasteiger partial charge in [-0.3, -0.25) is 4.68 Å². The van der Waals surface area contributed by atoms with Gasteiger partial charge < -0.3 is 10.2 Å². The van der Waals surface area contributed by atoms with E-state index < -0.39 is 0 Å². The highest BCUT2D eigenvalue weighted by Gasteiger charge is 2.20. The molecule has 0 saturated carbocycles. The molecule has 1 aliphatic heterocycles. The van der Waals surface area contributed by atoms with Crippen LogP contribution in [0.4, 0.5) is 10.2 Å². The first-order valence-corrected chi connectivity index (χ1v) is 11.5. The standard InChI is InChI=1S/C26H34FN5/c1-17-6-7-24(27)19(3)25(17)18(2)12-20-13-21(14-29-26(20)28-4)22-15-30-32(16-22)23-8-10-31(5)11-9-23/h6-7,13-16,18,23H,8-12H2,1-5H3,(H,28,29)/t18-/m1/s1. The number of hydrogen-bond acceptors (Lipinski definition) is 4. The summed E-state index contributed by atoms with van der Waals surface area (Å²) in [5.41, 5.74) is 6.25. The monoisotopic (exact) mass is 435 g/mol. The average Bonchev–Trinajstić information content (AvgIpc) is 3.27. The molecule has 2 aromatic heterocycles. The van der Waals surface area contributed by atoms with Gasteiger partial charge in [-0.05, 0) is 93.6 Å². The van der Waals surface area contributed by atoms with Gasteiger partial charge in [0.1, 0.15) is 11.6 Å². The summed E-state index contributed by atoms with van der Waals surface area (Å²) in [6.45, 7) is 8.32. The van der Waals surface area contributed by atoms with E-state index in [0.717, 1.165) is 71.6 Å². The normalized spacial score (nSPS) is 16.3. The van der Waals surface area contributed by atoms with Crippen molar-refractivity contribution < 1.29 is 4.39 Å². The minimum absolute atomic E-state index is 0.139. The number of hydrogen-bond donors (Lipinski definition) is 1. The zero-order valence-corrected chi connectivity index (χ0v) is 19.8. The lowest BCUT2D eigenvalue weighted by Gasteiger charge is -2.28. The third kappa shape index (κ3) is 4.56. The Hall–Kier alpha value is -2.73. The first-order valence-electron chi connectivity index (χ1n) is 11.5. The third-order valence-corrected chi connectivity index (χ3v) is 6.89. The van der Waals surface area contributed by atoms with E-state index in [9.17, 15) is 4.39 Å². The molecule has 4 rings (SSSR count). The van der Waals surface area contributed by atoms with Gasteiger partial charge in [-0.1, -0.05) is 13.0 Å². The van der Waals surface area contributed by atoms with Crippen molar-refractivity contribution in [2.75, 3.05) is 32.5 Å². The lowest BCUT2D eigenvalue weighted by molar-refractivity contribution is 0.212. The molecule has 0 aliphatic carbocycles. The van der Waals surface area contributed by atoms with Gasteiger partial charge in [0.25, 0.3) is 0 Å². The first kappa shape index (κ1) is 22.5. The van der Waals surface area contributed by atoms with Crippen LogP contribution in [0.25, 0.3) is 11.1 Å². The first-order chi connectivity index (χ1) is 15.4. The van der Waals surface area contributed by atoms with Crippen LogP contribution in [0.3, 0.4) is 0 Å². The minimum Gasteiger partial charge on any atom is -0.373 e. The lowest BCUT2D eigenvalue weighted by Crippen LogP contribution is -2.31. The van der Waals surface area contributed by atoms with E-state index >= 15 is 0 Å². The number of anilines is 1. The molecule has 0 bridgehead atoms. The van der Waals surface area contributed by atoms with Crippen LogP contribution in [0.15, 0.2) is 36.8 Å². The van der Waals surface area contributed by atoms with Crippen molar-refractivity contribution in [3.8, 4) is 11.1 Å². The van der Waals surface area contributed by atoms with Gasteiger partial charge in [-0.2, -0.15) is 5.10 Å². The Bertz CT molecular complexity index is 1080. The number of halogens is 1. The van der Waals surface area contributed by atoms with E-state index in [2.05, 4.69) is 58.1 Å². The fourth-order valence-corrected chi connectivity index (χ4v) is 5.02. The molecule has 1 N–H and O–H groups in total. The summed E-state index contributed by atoms with van der Waals surface area (Å²) in [5, 5.41) is 7.89. The topological polar surface area (TPSA) is 46.0 Å². The maximum Gasteiger partial charge on any atom is 0.128 e. The van der Waals surface area contributed by atoms with Crippen LogP contribution in [0.5, 0.6) is 0 Å². The lowest BCUT2D eigenvalue weighted by atomic mass is 9.87. The maximum absolute atomic E-state index is 14.2. The van der Waals surface area contributed by atoms with Crippen LogP contribution >= 0.6 is 0 Å². The second kappa shape index (κ2) is 9.41. The second-order valence-electron chi connectivity index (χ2n) is 9.23. The third-order valence-electron chi connectivity index (χ3n) is 6.89. The zero-order valence-electron chi connectivity index (χ0n) is 19.8. The van der Waals surface area contributed by atoms with E-state index in [1.165, 1.54) is 0 Å². The predicted octanol–water partition coefficient (Wildman–Crippen LogP) is 5.36. The van der Waals surface area contributed by atoms with Crippen molar-refractivity contribution in [1.82, 2.24) is 19.7 Å². The Morgan fingerprint density at radius 1 is 1.16 bits per heavy atom. The molecule has 5 nitrogen and oxygen atoms in total. The quantitative estimate of drug-likeness (QED) is 0.567. The highest BCUT2D eigenvalue weighted by molar-refractivity contribution is 5.64. The maximum atomic E-state index is 14.2. The Labute approximate surface area is 190 Å². The summed E-state index contributed by atoms with van der Waals surface area (Å²) in [5.74, 6) is 0.909. The van der Waals surface area contributed by atoms with Gasteiger partial charge in [0.2, 0.25) is 0 Å². The molecule has 0 spiro atoms. The minimum atomic E-state index is -0.139. The van der Waals surface area contributed by atoms with Crippen LogP contribution in [-0.4, -0.2) is 46.8 Å².